The zero-order valence-electron chi connectivity index (χ0n) is 34.9. The second-order valence-corrected chi connectivity index (χ2v) is 14.8. The molecule has 0 aliphatic carbocycles. The third-order valence-corrected chi connectivity index (χ3v) is 8.88. The zero-order valence-corrected chi connectivity index (χ0v) is 34.9. The fourth-order valence-electron chi connectivity index (χ4n) is 5.69. The van der Waals surface area contributed by atoms with Gasteiger partial charge in [0.2, 0.25) is 0 Å². The molecule has 8 nitrogen and oxygen atoms in total. The minimum Gasteiger partial charge on any atom is -0.477 e. The van der Waals surface area contributed by atoms with E-state index in [0.717, 1.165) is 57.8 Å². The molecule has 2 atom stereocenters. The molecule has 54 heavy (non-hydrogen) atoms. The molecule has 0 rings (SSSR count). The summed E-state index contributed by atoms with van der Waals surface area (Å²) in [5.74, 6) is -1.63. The van der Waals surface area contributed by atoms with Gasteiger partial charge in [-0.05, 0) is 57.8 Å². The summed E-state index contributed by atoms with van der Waals surface area (Å²) in [6.45, 7) is 4.38. The van der Waals surface area contributed by atoms with Crippen molar-refractivity contribution in [2.24, 2.45) is 0 Å². The van der Waals surface area contributed by atoms with Gasteiger partial charge in [0.15, 0.2) is 12.1 Å². The number of ether oxygens (including phenoxy) is 3. The smallest absolute Gasteiger partial charge is 0.362 e. The molecular formula is C46H78NO7+. The molecule has 8 heteroatoms. The molecule has 2 unspecified atom stereocenters. The van der Waals surface area contributed by atoms with E-state index in [4.69, 9.17) is 14.2 Å². The molecule has 0 heterocycles. The first-order valence-corrected chi connectivity index (χ1v) is 21.0. The largest absolute Gasteiger partial charge is 0.477 e. The summed E-state index contributed by atoms with van der Waals surface area (Å²) in [5.41, 5.74) is 0. The van der Waals surface area contributed by atoms with Gasteiger partial charge >= 0.3 is 17.9 Å². The number of carboxylic acid groups (broad SMARTS) is 1. The van der Waals surface area contributed by atoms with E-state index in [1.807, 2.05) is 27.2 Å². The first kappa shape index (κ1) is 50.8. The number of esters is 2. The second kappa shape index (κ2) is 36.7. The molecule has 1 N–H and O–H groups in total. The van der Waals surface area contributed by atoms with Crippen molar-refractivity contribution in [3.63, 3.8) is 0 Å². The zero-order chi connectivity index (χ0) is 40.0. The highest BCUT2D eigenvalue weighted by Crippen LogP contribution is 2.14. The highest BCUT2D eigenvalue weighted by atomic mass is 16.6. The maximum absolute atomic E-state index is 12.7. The van der Waals surface area contributed by atoms with Gasteiger partial charge in [-0.2, -0.15) is 0 Å². The Morgan fingerprint density at radius 3 is 1.54 bits per heavy atom. The van der Waals surface area contributed by atoms with Crippen molar-refractivity contribution in [3.05, 3.63) is 72.9 Å². The van der Waals surface area contributed by atoms with Crippen LogP contribution in [-0.2, 0) is 28.6 Å². The lowest BCUT2D eigenvalue weighted by Gasteiger charge is -2.31. The summed E-state index contributed by atoms with van der Waals surface area (Å²) in [4.78, 5) is 36.7. The Labute approximate surface area is 330 Å². The molecule has 0 aromatic rings. The number of rotatable bonds is 36. The Hall–Kier alpha value is -3.23. The Balaban J connectivity index is 4.32. The Morgan fingerprint density at radius 2 is 1.04 bits per heavy atom. The first-order valence-electron chi connectivity index (χ1n) is 21.0. The quantitative estimate of drug-likeness (QED) is 0.0294. The summed E-state index contributed by atoms with van der Waals surface area (Å²) in [6, 6.07) is -0.628. The summed E-state index contributed by atoms with van der Waals surface area (Å²) >= 11 is 0. The molecule has 0 spiro atoms. The van der Waals surface area contributed by atoms with Crippen LogP contribution in [0.4, 0.5) is 0 Å². The topological polar surface area (TPSA) is 99.1 Å². The van der Waals surface area contributed by atoms with E-state index < -0.39 is 24.1 Å². The molecule has 0 amide bonds. The van der Waals surface area contributed by atoms with Crippen LogP contribution in [0.25, 0.3) is 0 Å². The molecule has 308 valence electrons. The normalized spacial score (nSPS) is 13.7. The number of quaternary nitrogens is 1. The third kappa shape index (κ3) is 34.5. The van der Waals surface area contributed by atoms with E-state index in [1.165, 1.54) is 57.8 Å². The molecule has 0 bridgehead atoms. The lowest BCUT2D eigenvalue weighted by atomic mass is 10.0. The lowest BCUT2D eigenvalue weighted by molar-refractivity contribution is -0.887. The number of carbonyl (C=O) groups excluding carboxylic acids is 2. The minimum absolute atomic E-state index is 0.0299. The van der Waals surface area contributed by atoms with Crippen molar-refractivity contribution in [2.45, 2.75) is 161 Å². The van der Waals surface area contributed by atoms with Gasteiger partial charge < -0.3 is 23.8 Å². The van der Waals surface area contributed by atoms with E-state index in [0.29, 0.717) is 12.8 Å². The fraction of sp³-hybridized carbons (Fsp3) is 0.674. The highest BCUT2D eigenvalue weighted by molar-refractivity contribution is 5.72. The van der Waals surface area contributed by atoms with Crippen molar-refractivity contribution < 1.29 is 38.2 Å². The van der Waals surface area contributed by atoms with E-state index in [9.17, 15) is 19.5 Å². The van der Waals surface area contributed by atoms with E-state index in [1.54, 1.807) is 6.08 Å². The van der Waals surface area contributed by atoms with Gasteiger partial charge in [-0.1, -0.05) is 145 Å². The van der Waals surface area contributed by atoms with Crippen molar-refractivity contribution in [2.75, 3.05) is 41.0 Å². The van der Waals surface area contributed by atoms with Crippen LogP contribution in [-0.4, -0.2) is 80.6 Å². The van der Waals surface area contributed by atoms with Crippen molar-refractivity contribution >= 4 is 17.9 Å². The molecule has 0 aromatic carbocycles. The SMILES string of the molecule is CC/C=C/C/C=C/C/C=C/CCCCCCCCCCCCCC(=O)OC(COCCC(C(=O)O)[N+](C)(C)C)COC(=O)C/C=C/C/C=C/C/C=C/CC. The lowest BCUT2D eigenvalue weighted by Crippen LogP contribution is -2.50. The second-order valence-electron chi connectivity index (χ2n) is 14.8. The van der Waals surface area contributed by atoms with Gasteiger partial charge in [0, 0.05) is 12.8 Å². The van der Waals surface area contributed by atoms with Crippen LogP contribution in [0.3, 0.4) is 0 Å². The van der Waals surface area contributed by atoms with Crippen LogP contribution in [0.1, 0.15) is 149 Å². The van der Waals surface area contributed by atoms with Crippen molar-refractivity contribution in [1.82, 2.24) is 0 Å². The molecular weight excluding hydrogens is 679 g/mol. The monoisotopic (exact) mass is 757 g/mol. The van der Waals surface area contributed by atoms with Crippen molar-refractivity contribution in [1.29, 1.82) is 0 Å². The predicted molar refractivity (Wildman–Crippen MR) is 224 cm³/mol. The number of aliphatic carboxylic acids is 1. The average molecular weight is 757 g/mol. The summed E-state index contributed by atoms with van der Waals surface area (Å²) in [5, 5.41) is 9.59. The van der Waals surface area contributed by atoms with Crippen LogP contribution in [0.5, 0.6) is 0 Å². The highest BCUT2D eigenvalue weighted by Gasteiger charge is 2.31. The van der Waals surface area contributed by atoms with E-state index >= 15 is 0 Å². The number of carboxylic acids is 1. The Bertz CT molecular complexity index is 1110. The standard InChI is InChI=1S/C46H77NO7/c1-6-8-10-12-14-16-17-18-19-20-21-22-23-24-25-26-27-29-31-33-35-37-45(49)54-42(40-52-39-38-43(46(50)51)47(3,4)5)41-53-44(48)36-34-32-30-28-15-13-11-9-7-2/h8-11,14-16,18-19,28,32,34,42-43H,6-7,12-13,17,20-27,29-31,33,35-41H2,1-5H3/p+1/b10-8+,11-9+,16-14+,19-18+,28-15+,34-32+. The predicted octanol–water partition coefficient (Wildman–Crippen LogP) is 11.2. The van der Waals surface area contributed by atoms with Gasteiger partial charge in [0.1, 0.15) is 6.61 Å². The third-order valence-electron chi connectivity index (χ3n) is 8.88. The minimum atomic E-state index is -0.889. The number of hydrogen-bond donors (Lipinski definition) is 1. The number of likely N-dealkylation sites (N-methyl/N-ethyl adjacent to an activating group) is 1. The van der Waals surface area contributed by atoms with Gasteiger partial charge in [-0.3, -0.25) is 9.59 Å². The van der Waals surface area contributed by atoms with Gasteiger partial charge in [0.25, 0.3) is 0 Å². The molecule has 0 fully saturated rings. The average Bonchev–Trinajstić information content (AvgIpc) is 3.12. The number of hydrogen-bond acceptors (Lipinski definition) is 6. The summed E-state index contributed by atoms with van der Waals surface area (Å²) < 4.78 is 17.1. The maximum atomic E-state index is 12.7. The van der Waals surface area contributed by atoms with E-state index in [2.05, 4.69) is 74.6 Å². The number of allylic oxidation sites excluding steroid dienone is 11. The Kier molecular flexibility index (Phi) is 34.5. The van der Waals surface area contributed by atoms with Crippen LogP contribution in [0.15, 0.2) is 72.9 Å². The summed E-state index contributed by atoms with van der Waals surface area (Å²) in [6.07, 6.45) is 45.6. The van der Waals surface area contributed by atoms with Crippen LogP contribution in [0.2, 0.25) is 0 Å². The number of nitrogens with zero attached hydrogens (tertiary/aromatic N) is 1. The fourth-order valence-corrected chi connectivity index (χ4v) is 5.69. The molecule has 0 aliphatic rings. The van der Waals surface area contributed by atoms with Crippen LogP contribution >= 0.6 is 0 Å². The van der Waals surface area contributed by atoms with Gasteiger partial charge in [-0.25, -0.2) is 4.79 Å². The van der Waals surface area contributed by atoms with Gasteiger partial charge in [-0.15, -0.1) is 0 Å². The Morgan fingerprint density at radius 1 is 0.574 bits per heavy atom. The van der Waals surface area contributed by atoms with Crippen LogP contribution < -0.4 is 0 Å². The van der Waals surface area contributed by atoms with Crippen molar-refractivity contribution in [3.8, 4) is 0 Å². The number of carbonyl (C=O) groups is 3. The first-order chi connectivity index (χ1) is 26.1. The molecule has 0 aliphatic heterocycles. The maximum Gasteiger partial charge on any atom is 0.362 e. The molecule has 0 aromatic heterocycles. The molecule has 0 saturated carbocycles. The number of unbranched alkanes of at least 4 members (excludes halogenated alkanes) is 11. The van der Waals surface area contributed by atoms with Gasteiger partial charge in [0.05, 0.1) is 40.8 Å². The van der Waals surface area contributed by atoms with Crippen LogP contribution in [0, 0.1) is 0 Å². The molecule has 0 saturated heterocycles. The van der Waals surface area contributed by atoms with E-state index in [-0.39, 0.29) is 36.7 Å². The summed E-state index contributed by atoms with van der Waals surface area (Å²) in [7, 11) is 5.49. The molecule has 0 radical (unpaired) electrons.